The third kappa shape index (κ3) is 4.45. The van der Waals surface area contributed by atoms with Gasteiger partial charge in [-0.25, -0.2) is 13.4 Å². The van der Waals surface area contributed by atoms with E-state index in [-0.39, 0.29) is 4.90 Å². The second kappa shape index (κ2) is 7.11. The summed E-state index contributed by atoms with van der Waals surface area (Å²) in [4.78, 5) is 4.42. The van der Waals surface area contributed by atoms with Gasteiger partial charge in [-0.2, -0.15) is 0 Å². The number of halogens is 1. The fraction of sp³-hybridized carbons (Fsp3) is 0.267. The standard InChI is InChI=1S/C15H18BrN3O2S/c1-3-11(2)18-15-9-6-13(10-17-15)19-22(20,21)14-7-4-12(16)5-8-14/h4-11,19H,3H2,1-2H3,(H,17,18). The molecule has 1 unspecified atom stereocenters. The van der Waals surface area contributed by atoms with E-state index < -0.39 is 10.0 Å². The number of nitrogens with one attached hydrogen (secondary N) is 2. The van der Waals surface area contributed by atoms with Crippen molar-refractivity contribution in [2.75, 3.05) is 10.0 Å². The van der Waals surface area contributed by atoms with Gasteiger partial charge in [-0.15, -0.1) is 0 Å². The quantitative estimate of drug-likeness (QED) is 0.794. The summed E-state index contributed by atoms with van der Waals surface area (Å²) in [7, 11) is -3.60. The molecule has 118 valence electrons. The Labute approximate surface area is 139 Å². The van der Waals surface area contributed by atoms with Crippen LogP contribution >= 0.6 is 15.9 Å². The van der Waals surface area contributed by atoms with Gasteiger partial charge in [0.25, 0.3) is 10.0 Å². The molecule has 0 radical (unpaired) electrons. The zero-order chi connectivity index (χ0) is 16.2. The third-order valence-corrected chi connectivity index (χ3v) is 5.07. The third-order valence-electron chi connectivity index (χ3n) is 3.15. The lowest BCUT2D eigenvalue weighted by Gasteiger charge is -2.13. The highest BCUT2D eigenvalue weighted by Crippen LogP contribution is 2.19. The van der Waals surface area contributed by atoms with Crippen LogP contribution in [0, 0.1) is 0 Å². The van der Waals surface area contributed by atoms with Crippen LogP contribution in [-0.2, 0) is 10.0 Å². The molecule has 0 fully saturated rings. The molecule has 2 rings (SSSR count). The first-order chi connectivity index (χ1) is 10.4. The van der Waals surface area contributed by atoms with Crippen LogP contribution in [-0.4, -0.2) is 19.4 Å². The van der Waals surface area contributed by atoms with Gasteiger partial charge in [0.1, 0.15) is 5.82 Å². The molecule has 2 aromatic rings. The second-order valence-corrected chi connectivity index (χ2v) is 7.54. The minimum absolute atomic E-state index is 0.206. The number of sulfonamides is 1. The van der Waals surface area contributed by atoms with Crippen molar-refractivity contribution in [1.82, 2.24) is 4.98 Å². The van der Waals surface area contributed by atoms with Gasteiger partial charge in [0, 0.05) is 10.5 Å². The van der Waals surface area contributed by atoms with Crippen molar-refractivity contribution in [1.29, 1.82) is 0 Å². The fourth-order valence-corrected chi connectivity index (χ4v) is 3.03. The maximum atomic E-state index is 12.3. The monoisotopic (exact) mass is 383 g/mol. The predicted octanol–water partition coefficient (Wildman–Crippen LogP) is 3.86. The topological polar surface area (TPSA) is 71.1 Å². The zero-order valence-electron chi connectivity index (χ0n) is 12.4. The van der Waals surface area contributed by atoms with Crippen LogP contribution in [0.15, 0.2) is 52.0 Å². The van der Waals surface area contributed by atoms with Gasteiger partial charge in [-0.1, -0.05) is 22.9 Å². The molecule has 1 aromatic carbocycles. The molecule has 0 aliphatic carbocycles. The minimum Gasteiger partial charge on any atom is -0.368 e. The Hall–Kier alpha value is -1.60. The molecular weight excluding hydrogens is 366 g/mol. The van der Waals surface area contributed by atoms with Crippen LogP contribution in [0.3, 0.4) is 0 Å². The van der Waals surface area contributed by atoms with Gasteiger partial charge >= 0.3 is 0 Å². The molecular formula is C15H18BrN3O2S. The number of benzene rings is 1. The van der Waals surface area contributed by atoms with E-state index in [1.165, 1.54) is 6.20 Å². The Bertz CT molecular complexity index is 715. The van der Waals surface area contributed by atoms with Crippen LogP contribution in [0.5, 0.6) is 0 Å². The van der Waals surface area contributed by atoms with E-state index in [0.717, 1.165) is 16.7 Å². The molecule has 0 aliphatic heterocycles. The zero-order valence-corrected chi connectivity index (χ0v) is 14.8. The number of anilines is 2. The first-order valence-electron chi connectivity index (χ1n) is 6.91. The molecule has 0 bridgehead atoms. The molecule has 1 aromatic heterocycles. The van der Waals surface area contributed by atoms with E-state index in [2.05, 4.69) is 44.8 Å². The summed E-state index contributed by atoms with van der Waals surface area (Å²) < 4.78 is 27.8. The van der Waals surface area contributed by atoms with Crippen molar-refractivity contribution in [3.8, 4) is 0 Å². The fourth-order valence-electron chi connectivity index (χ4n) is 1.72. The molecule has 7 heteroatoms. The van der Waals surface area contributed by atoms with Gasteiger partial charge in [0.15, 0.2) is 0 Å². The lowest BCUT2D eigenvalue weighted by atomic mass is 10.2. The van der Waals surface area contributed by atoms with E-state index in [1.54, 1.807) is 36.4 Å². The molecule has 1 atom stereocenters. The largest absolute Gasteiger partial charge is 0.368 e. The molecule has 2 N–H and O–H groups in total. The van der Waals surface area contributed by atoms with Gasteiger partial charge < -0.3 is 5.32 Å². The maximum Gasteiger partial charge on any atom is 0.261 e. The normalized spacial score (nSPS) is 12.7. The summed E-state index contributed by atoms with van der Waals surface area (Å²) in [6, 6.07) is 10.2. The lowest BCUT2D eigenvalue weighted by molar-refractivity contribution is 0.601. The van der Waals surface area contributed by atoms with Gasteiger partial charge in [-0.05, 0) is 49.7 Å². The van der Waals surface area contributed by atoms with Crippen LogP contribution in [0.4, 0.5) is 11.5 Å². The number of nitrogens with zero attached hydrogens (tertiary/aromatic N) is 1. The minimum atomic E-state index is -3.60. The molecule has 0 saturated carbocycles. The van der Waals surface area contributed by atoms with E-state index in [1.807, 2.05) is 0 Å². The van der Waals surface area contributed by atoms with Gasteiger partial charge in [0.05, 0.1) is 16.8 Å². The number of aromatic nitrogens is 1. The summed E-state index contributed by atoms with van der Waals surface area (Å²) in [6.07, 6.45) is 2.49. The molecule has 0 spiro atoms. The lowest BCUT2D eigenvalue weighted by Crippen LogP contribution is -2.15. The number of pyridine rings is 1. The highest BCUT2D eigenvalue weighted by Gasteiger charge is 2.14. The first kappa shape index (κ1) is 16.8. The van der Waals surface area contributed by atoms with Crippen molar-refractivity contribution in [2.24, 2.45) is 0 Å². The second-order valence-electron chi connectivity index (χ2n) is 4.95. The van der Waals surface area contributed by atoms with Crippen LogP contribution in [0.25, 0.3) is 0 Å². The molecule has 0 amide bonds. The summed E-state index contributed by atoms with van der Waals surface area (Å²) in [6.45, 7) is 4.14. The van der Waals surface area contributed by atoms with Crippen LogP contribution in [0.2, 0.25) is 0 Å². The summed E-state index contributed by atoms with van der Waals surface area (Å²) in [5.74, 6) is 0.723. The number of rotatable bonds is 6. The van der Waals surface area contributed by atoms with Crippen molar-refractivity contribution in [2.45, 2.75) is 31.2 Å². The predicted molar refractivity (Wildman–Crippen MR) is 92.6 cm³/mol. The van der Waals surface area contributed by atoms with Crippen molar-refractivity contribution in [3.05, 3.63) is 47.1 Å². The molecule has 0 saturated heterocycles. The number of hydrogen-bond donors (Lipinski definition) is 2. The molecule has 5 nitrogen and oxygen atoms in total. The maximum absolute atomic E-state index is 12.3. The Morgan fingerprint density at radius 2 is 1.86 bits per heavy atom. The first-order valence-corrected chi connectivity index (χ1v) is 9.19. The van der Waals surface area contributed by atoms with Crippen LogP contribution in [0.1, 0.15) is 20.3 Å². The SMILES string of the molecule is CCC(C)Nc1ccc(NS(=O)(=O)c2ccc(Br)cc2)cn1. The average molecular weight is 384 g/mol. The average Bonchev–Trinajstić information content (AvgIpc) is 2.49. The van der Waals surface area contributed by atoms with E-state index >= 15 is 0 Å². The van der Waals surface area contributed by atoms with Crippen LogP contribution < -0.4 is 10.0 Å². The Morgan fingerprint density at radius 1 is 1.18 bits per heavy atom. The number of hydrogen-bond acceptors (Lipinski definition) is 4. The van der Waals surface area contributed by atoms with E-state index in [9.17, 15) is 8.42 Å². The van der Waals surface area contributed by atoms with Gasteiger partial charge in [-0.3, -0.25) is 4.72 Å². The van der Waals surface area contributed by atoms with E-state index in [0.29, 0.717) is 11.7 Å². The molecule has 22 heavy (non-hydrogen) atoms. The Kier molecular flexibility index (Phi) is 5.42. The van der Waals surface area contributed by atoms with E-state index in [4.69, 9.17) is 0 Å². The van der Waals surface area contributed by atoms with Crippen molar-refractivity contribution < 1.29 is 8.42 Å². The Balaban J connectivity index is 2.11. The highest BCUT2D eigenvalue weighted by atomic mass is 79.9. The summed E-state index contributed by atoms with van der Waals surface area (Å²) >= 11 is 3.28. The summed E-state index contributed by atoms with van der Waals surface area (Å²) in [5.41, 5.74) is 0.428. The smallest absolute Gasteiger partial charge is 0.261 e. The summed E-state index contributed by atoms with van der Waals surface area (Å²) in [5, 5.41) is 3.23. The highest BCUT2D eigenvalue weighted by molar-refractivity contribution is 9.10. The Morgan fingerprint density at radius 3 is 2.41 bits per heavy atom. The van der Waals surface area contributed by atoms with Gasteiger partial charge in [0.2, 0.25) is 0 Å². The van der Waals surface area contributed by atoms with Crippen molar-refractivity contribution in [3.63, 3.8) is 0 Å². The molecule has 1 heterocycles. The van der Waals surface area contributed by atoms with Crippen molar-refractivity contribution >= 4 is 37.5 Å². The molecule has 0 aliphatic rings.